The van der Waals surface area contributed by atoms with Crippen molar-refractivity contribution in [1.82, 2.24) is 0 Å². The minimum Gasteiger partial charge on any atom is -0.374 e. The highest BCUT2D eigenvalue weighted by atomic mass is 16.5. The van der Waals surface area contributed by atoms with Crippen LogP contribution in [-0.2, 0) is 4.74 Å². The number of hydrogen-bond donors (Lipinski definition) is 0. The predicted octanol–water partition coefficient (Wildman–Crippen LogP) is 3.55. The first-order valence-corrected chi connectivity index (χ1v) is 5.43. The molecule has 0 aliphatic heterocycles. The fourth-order valence-corrected chi connectivity index (χ4v) is 1.88. The van der Waals surface area contributed by atoms with Crippen LogP contribution in [-0.4, -0.2) is 12.7 Å². The topological polar surface area (TPSA) is 9.23 Å². The van der Waals surface area contributed by atoms with E-state index in [2.05, 4.69) is 26.8 Å². The summed E-state index contributed by atoms with van der Waals surface area (Å²) in [6.45, 7) is 7.37. The molecule has 2 unspecified atom stereocenters. The summed E-state index contributed by atoms with van der Waals surface area (Å²) in [6, 6.07) is 0. The van der Waals surface area contributed by atoms with E-state index in [9.17, 15) is 0 Å². The van der Waals surface area contributed by atoms with Crippen LogP contribution in [0.5, 0.6) is 0 Å². The predicted molar refractivity (Wildman–Crippen MR) is 56.8 cm³/mol. The van der Waals surface area contributed by atoms with Crippen molar-refractivity contribution in [3.8, 4) is 0 Å². The van der Waals surface area contributed by atoms with Gasteiger partial charge in [-0.3, -0.25) is 0 Å². The molecule has 76 valence electrons. The van der Waals surface area contributed by atoms with Crippen molar-refractivity contribution < 1.29 is 4.74 Å². The molecule has 0 N–H and O–H groups in total. The summed E-state index contributed by atoms with van der Waals surface area (Å²) < 4.78 is 5.79. The molecule has 0 spiro atoms. The maximum Gasteiger partial charge on any atom is 0.0653 e. The van der Waals surface area contributed by atoms with Crippen LogP contribution >= 0.6 is 0 Å². The van der Waals surface area contributed by atoms with Gasteiger partial charge < -0.3 is 4.74 Å². The van der Waals surface area contributed by atoms with Gasteiger partial charge in [-0.25, -0.2) is 0 Å². The van der Waals surface area contributed by atoms with Gasteiger partial charge in [0, 0.05) is 0 Å². The van der Waals surface area contributed by atoms with Crippen LogP contribution in [0.1, 0.15) is 46.5 Å². The molecule has 0 amide bonds. The van der Waals surface area contributed by atoms with E-state index < -0.39 is 0 Å². The molecule has 0 aromatic carbocycles. The standard InChI is InChI=1S/C12H22O/c1-10(2)7-8-13-12-6-4-5-11(3)9-12/h7,11-12H,4-6,8-9H2,1-3H3. The highest BCUT2D eigenvalue weighted by Gasteiger charge is 2.18. The Morgan fingerprint density at radius 3 is 2.77 bits per heavy atom. The molecular weight excluding hydrogens is 160 g/mol. The molecule has 1 rings (SSSR count). The Morgan fingerprint density at radius 2 is 2.15 bits per heavy atom. The largest absolute Gasteiger partial charge is 0.374 e. The lowest BCUT2D eigenvalue weighted by molar-refractivity contribution is 0.0319. The van der Waals surface area contributed by atoms with Crippen molar-refractivity contribution in [3.05, 3.63) is 11.6 Å². The minimum absolute atomic E-state index is 0.527. The maximum absolute atomic E-state index is 5.79. The first kappa shape index (κ1) is 10.8. The van der Waals surface area contributed by atoms with Crippen molar-refractivity contribution in [3.63, 3.8) is 0 Å². The number of hydrogen-bond acceptors (Lipinski definition) is 1. The summed E-state index contributed by atoms with van der Waals surface area (Å²) in [5, 5.41) is 0. The Balaban J connectivity index is 2.17. The lowest BCUT2D eigenvalue weighted by atomic mass is 9.89. The number of rotatable bonds is 3. The molecular formula is C12H22O. The van der Waals surface area contributed by atoms with Gasteiger partial charge in [-0.05, 0) is 32.6 Å². The van der Waals surface area contributed by atoms with Crippen molar-refractivity contribution in [1.29, 1.82) is 0 Å². The minimum atomic E-state index is 0.527. The average molecular weight is 182 g/mol. The van der Waals surface area contributed by atoms with Crippen molar-refractivity contribution >= 4 is 0 Å². The van der Waals surface area contributed by atoms with E-state index >= 15 is 0 Å². The monoisotopic (exact) mass is 182 g/mol. The Bertz CT molecular complexity index is 168. The van der Waals surface area contributed by atoms with Gasteiger partial charge in [-0.2, -0.15) is 0 Å². The zero-order valence-electron chi connectivity index (χ0n) is 9.18. The SMILES string of the molecule is CC(C)=CCOC1CCCC(C)C1. The highest BCUT2D eigenvalue weighted by molar-refractivity contribution is 4.93. The van der Waals surface area contributed by atoms with Crippen molar-refractivity contribution in [2.24, 2.45) is 5.92 Å². The zero-order chi connectivity index (χ0) is 9.68. The second-order valence-electron chi connectivity index (χ2n) is 4.51. The molecule has 13 heavy (non-hydrogen) atoms. The van der Waals surface area contributed by atoms with Gasteiger partial charge >= 0.3 is 0 Å². The second-order valence-corrected chi connectivity index (χ2v) is 4.51. The van der Waals surface area contributed by atoms with E-state index in [-0.39, 0.29) is 0 Å². The van der Waals surface area contributed by atoms with E-state index in [1.165, 1.54) is 31.3 Å². The van der Waals surface area contributed by atoms with E-state index in [0.717, 1.165) is 12.5 Å². The first-order chi connectivity index (χ1) is 6.18. The summed E-state index contributed by atoms with van der Waals surface area (Å²) in [6.07, 6.45) is 7.96. The molecule has 1 saturated carbocycles. The lowest BCUT2D eigenvalue weighted by Crippen LogP contribution is -2.21. The van der Waals surface area contributed by atoms with E-state index in [0.29, 0.717) is 6.10 Å². The Morgan fingerprint density at radius 1 is 1.38 bits per heavy atom. The molecule has 1 aliphatic rings. The zero-order valence-corrected chi connectivity index (χ0v) is 9.18. The summed E-state index contributed by atoms with van der Waals surface area (Å²) in [5.41, 5.74) is 1.35. The van der Waals surface area contributed by atoms with Gasteiger partial charge in [0.15, 0.2) is 0 Å². The first-order valence-electron chi connectivity index (χ1n) is 5.43. The molecule has 0 aromatic rings. The summed E-state index contributed by atoms with van der Waals surface area (Å²) >= 11 is 0. The fourth-order valence-electron chi connectivity index (χ4n) is 1.88. The number of ether oxygens (including phenoxy) is 1. The number of allylic oxidation sites excluding steroid dienone is 1. The Labute approximate surface area is 82.2 Å². The molecule has 2 atom stereocenters. The van der Waals surface area contributed by atoms with Crippen LogP contribution in [0.25, 0.3) is 0 Å². The molecule has 1 heteroatoms. The fraction of sp³-hybridized carbons (Fsp3) is 0.833. The van der Waals surface area contributed by atoms with Gasteiger partial charge in [0.05, 0.1) is 12.7 Å². The molecule has 1 aliphatic carbocycles. The third-order valence-corrected chi connectivity index (χ3v) is 2.71. The summed E-state index contributed by atoms with van der Waals surface area (Å²) in [4.78, 5) is 0. The molecule has 1 fully saturated rings. The molecule has 0 radical (unpaired) electrons. The molecule has 1 nitrogen and oxygen atoms in total. The quantitative estimate of drug-likeness (QED) is 0.606. The van der Waals surface area contributed by atoms with Gasteiger partial charge in [0.1, 0.15) is 0 Å². The molecule has 0 heterocycles. The van der Waals surface area contributed by atoms with Gasteiger partial charge in [0.2, 0.25) is 0 Å². The van der Waals surface area contributed by atoms with Crippen LogP contribution < -0.4 is 0 Å². The Hall–Kier alpha value is -0.300. The van der Waals surface area contributed by atoms with Gasteiger partial charge in [0.25, 0.3) is 0 Å². The average Bonchev–Trinajstić information content (AvgIpc) is 2.03. The Kier molecular flexibility index (Phi) is 4.51. The van der Waals surface area contributed by atoms with Crippen LogP contribution in [0.2, 0.25) is 0 Å². The van der Waals surface area contributed by atoms with Crippen molar-refractivity contribution in [2.45, 2.75) is 52.6 Å². The van der Waals surface area contributed by atoms with E-state index in [1.54, 1.807) is 0 Å². The van der Waals surface area contributed by atoms with Crippen LogP contribution in [0, 0.1) is 5.92 Å². The van der Waals surface area contributed by atoms with Crippen LogP contribution in [0.4, 0.5) is 0 Å². The molecule has 0 saturated heterocycles. The molecule has 0 bridgehead atoms. The van der Waals surface area contributed by atoms with Gasteiger partial charge in [-0.15, -0.1) is 0 Å². The second kappa shape index (κ2) is 5.43. The molecule has 0 aromatic heterocycles. The third-order valence-electron chi connectivity index (χ3n) is 2.71. The third kappa shape index (κ3) is 4.47. The maximum atomic E-state index is 5.79. The van der Waals surface area contributed by atoms with Crippen molar-refractivity contribution in [2.75, 3.05) is 6.61 Å². The smallest absolute Gasteiger partial charge is 0.0653 e. The lowest BCUT2D eigenvalue weighted by Gasteiger charge is -2.26. The normalized spacial score (nSPS) is 28.5. The van der Waals surface area contributed by atoms with Crippen LogP contribution in [0.15, 0.2) is 11.6 Å². The van der Waals surface area contributed by atoms with Gasteiger partial charge in [-0.1, -0.05) is 31.4 Å². The van der Waals surface area contributed by atoms with Crippen LogP contribution in [0.3, 0.4) is 0 Å². The van der Waals surface area contributed by atoms with E-state index in [4.69, 9.17) is 4.74 Å². The summed E-state index contributed by atoms with van der Waals surface area (Å²) in [5.74, 6) is 0.866. The highest BCUT2D eigenvalue weighted by Crippen LogP contribution is 2.25. The summed E-state index contributed by atoms with van der Waals surface area (Å²) in [7, 11) is 0. The van der Waals surface area contributed by atoms with E-state index in [1.807, 2.05) is 0 Å².